The maximum absolute atomic E-state index is 13.5. The number of carbonyl (C=O) groups is 1. The van der Waals surface area contributed by atoms with Crippen molar-refractivity contribution in [3.8, 4) is 0 Å². The Labute approximate surface area is 172 Å². The van der Waals surface area contributed by atoms with Crippen molar-refractivity contribution >= 4 is 15.9 Å². The van der Waals surface area contributed by atoms with E-state index in [1.165, 1.54) is 19.1 Å². The van der Waals surface area contributed by atoms with Gasteiger partial charge in [-0.2, -0.15) is 4.31 Å². The number of nitrogens with zero attached hydrogens (tertiary/aromatic N) is 1. The maximum Gasteiger partial charge on any atom is 0.243 e. The largest absolute Gasteiger partial charge is 0.356 e. The fraction of sp³-hybridized carbons (Fsp3) is 0.409. The van der Waals surface area contributed by atoms with E-state index in [2.05, 4.69) is 5.32 Å². The van der Waals surface area contributed by atoms with E-state index in [1.807, 2.05) is 6.92 Å². The van der Waals surface area contributed by atoms with Gasteiger partial charge in [-0.05, 0) is 62.4 Å². The zero-order valence-corrected chi connectivity index (χ0v) is 17.6. The van der Waals surface area contributed by atoms with Crippen LogP contribution in [0.15, 0.2) is 53.4 Å². The molecule has 2 aromatic rings. The van der Waals surface area contributed by atoms with E-state index in [-0.39, 0.29) is 28.7 Å². The molecule has 7 heteroatoms. The number of benzene rings is 2. The molecule has 1 heterocycles. The van der Waals surface area contributed by atoms with Crippen LogP contribution in [0.2, 0.25) is 0 Å². The molecule has 0 radical (unpaired) electrons. The maximum atomic E-state index is 13.5. The summed E-state index contributed by atoms with van der Waals surface area (Å²) in [5.41, 5.74) is 1.79. The number of hydrogen-bond acceptors (Lipinski definition) is 3. The smallest absolute Gasteiger partial charge is 0.243 e. The Balaban J connectivity index is 1.89. The molecule has 1 aliphatic rings. The van der Waals surface area contributed by atoms with Gasteiger partial charge in [0.1, 0.15) is 5.82 Å². The van der Waals surface area contributed by atoms with Crippen LogP contribution < -0.4 is 5.32 Å². The molecule has 1 fully saturated rings. The average molecular weight is 419 g/mol. The van der Waals surface area contributed by atoms with E-state index in [0.717, 1.165) is 17.5 Å². The second kappa shape index (κ2) is 9.05. The highest BCUT2D eigenvalue weighted by molar-refractivity contribution is 7.89. The highest BCUT2D eigenvalue weighted by atomic mass is 32.2. The third-order valence-corrected chi connectivity index (χ3v) is 7.36. The summed E-state index contributed by atoms with van der Waals surface area (Å²) in [4.78, 5) is 11.4. The quantitative estimate of drug-likeness (QED) is 0.693. The van der Waals surface area contributed by atoms with E-state index in [0.29, 0.717) is 25.8 Å². The molecular weight excluding hydrogens is 391 g/mol. The molecule has 5 nitrogen and oxygen atoms in total. The van der Waals surface area contributed by atoms with Gasteiger partial charge in [-0.3, -0.25) is 4.79 Å². The van der Waals surface area contributed by atoms with Gasteiger partial charge in [0.15, 0.2) is 0 Å². The van der Waals surface area contributed by atoms with Crippen LogP contribution in [0.5, 0.6) is 0 Å². The lowest BCUT2D eigenvalue weighted by Gasteiger charge is -2.30. The molecule has 0 bridgehead atoms. The zero-order chi connectivity index (χ0) is 21.0. The van der Waals surface area contributed by atoms with Crippen molar-refractivity contribution < 1.29 is 17.6 Å². The van der Waals surface area contributed by atoms with Crippen LogP contribution in [0.4, 0.5) is 4.39 Å². The summed E-state index contributed by atoms with van der Waals surface area (Å²) in [6, 6.07) is 12.4. The third-order valence-electron chi connectivity index (χ3n) is 5.38. The third kappa shape index (κ3) is 5.03. The molecule has 1 N–H and O–H groups in total. The van der Waals surface area contributed by atoms with Crippen LogP contribution >= 0.6 is 0 Å². The Kier molecular flexibility index (Phi) is 6.70. The van der Waals surface area contributed by atoms with Gasteiger partial charge in [-0.1, -0.05) is 29.8 Å². The fourth-order valence-corrected chi connectivity index (χ4v) is 5.82. The highest BCUT2D eigenvalue weighted by Gasteiger charge is 2.42. The molecule has 1 amide bonds. The number of carbonyl (C=O) groups excluding carboxylic acids is 1. The molecule has 0 spiro atoms. The average Bonchev–Trinajstić information content (AvgIpc) is 3.11. The molecule has 29 heavy (non-hydrogen) atoms. The first kappa shape index (κ1) is 21.5. The summed E-state index contributed by atoms with van der Waals surface area (Å²) in [7, 11) is -3.71. The Morgan fingerprint density at radius 1 is 1.10 bits per heavy atom. The molecule has 156 valence electrons. The Hall–Kier alpha value is -2.25. The first-order chi connectivity index (χ1) is 13.8. The van der Waals surface area contributed by atoms with Gasteiger partial charge in [0, 0.05) is 19.5 Å². The Morgan fingerprint density at radius 2 is 1.76 bits per heavy atom. The van der Waals surface area contributed by atoms with Gasteiger partial charge >= 0.3 is 0 Å². The van der Waals surface area contributed by atoms with Crippen molar-refractivity contribution in [3.05, 3.63) is 65.5 Å². The second-order valence-corrected chi connectivity index (χ2v) is 9.41. The SMILES string of the molecule is CC(=O)NCCC[C@H]1CC[C@@H](c2ccc(F)cc2)N1S(=O)(=O)c1ccc(C)cc1. The Bertz CT molecular complexity index is 943. The first-order valence-electron chi connectivity index (χ1n) is 9.89. The van der Waals surface area contributed by atoms with Crippen molar-refractivity contribution in [2.24, 2.45) is 0 Å². The van der Waals surface area contributed by atoms with Crippen molar-refractivity contribution in [2.45, 2.75) is 56.5 Å². The number of hydrogen-bond donors (Lipinski definition) is 1. The predicted octanol–water partition coefficient (Wildman–Crippen LogP) is 3.94. The van der Waals surface area contributed by atoms with Gasteiger partial charge in [0.25, 0.3) is 0 Å². The van der Waals surface area contributed by atoms with Gasteiger partial charge in [0.05, 0.1) is 10.9 Å². The van der Waals surface area contributed by atoms with Crippen LogP contribution in [0.25, 0.3) is 0 Å². The summed E-state index contributed by atoms with van der Waals surface area (Å²) >= 11 is 0. The molecular formula is C22H27FN2O3S. The van der Waals surface area contributed by atoms with E-state index in [4.69, 9.17) is 0 Å². The van der Waals surface area contributed by atoms with Crippen LogP contribution in [0, 0.1) is 12.7 Å². The molecule has 1 aliphatic heterocycles. The molecule has 2 aromatic carbocycles. The molecule has 0 aromatic heterocycles. The zero-order valence-electron chi connectivity index (χ0n) is 16.8. The van der Waals surface area contributed by atoms with Crippen molar-refractivity contribution in [1.29, 1.82) is 0 Å². The van der Waals surface area contributed by atoms with Gasteiger partial charge < -0.3 is 5.32 Å². The van der Waals surface area contributed by atoms with Gasteiger partial charge in [0.2, 0.25) is 15.9 Å². The predicted molar refractivity (Wildman–Crippen MR) is 110 cm³/mol. The van der Waals surface area contributed by atoms with Crippen molar-refractivity contribution in [3.63, 3.8) is 0 Å². The summed E-state index contributed by atoms with van der Waals surface area (Å²) < 4.78 is 42.0. The molecule has 0 aliphatic carbocycles. The summed E-state index contributed by atoms with van der Waals surface area (Å²) in [6.07, 6.45) is 2.76. The van der Waals surface area contributed by atoms with Crippen LogP contribution in [0.1, 0.15) is 49.8 Å². The molecule has 1 saturated heterocycles. The lowest BCUT2D eigenvalue weighted by atomic mass is 10.0. The number of aryl methyl sites for hydroxylation is 1. The second-order valence-electron chi connectivity index (χ2n) is 7.57. The lowest BCUT2D eigenvalue weighted by Crippen LogP contribution is -2.38. The summed E-state index contributed by atoms with van der Waals surface area (Å²) in [5, 5.41) is 2.76. The topological polar surface area (TPSA) is 66.5 Å². The standard InChI is InChI=1S/C22H27FN2O3S/c1-16-5-12-21(13-6-16)29(27,28)25-20(4-3-15-24-17(2)26)11-14-22(25)18-7-9-19(23)10-8-18/h5-10,12-13,20,22H,3-4,11,14-15H2,1-2H3,(H,24,26)/t20-,22-/m0/s1. The van der Waals surface area contributed by atoms with Crippen LogP contribution in [-0.4, -0.2) is 31.2 Å². The molecule has 0 unspecified atom stereocenters. The van der Waals surface area contributed by atoms with E-state index in [1.54, 1.807) is 40.7 Å². The fourth-order valence-electron chi connectivity index (χ4n) is 3.93. The van der Waals surface area contributed by atoms with Crippen molar-refractivity contribution in [1.82, 2.24) is 9.62 Å². The minimum absolute atomic E-state index is 0.0928. The monoisotopic (exact) mass is 418 g/mol. The first-order valence-corrected chi connectivity index (χ1v) is 11.3. The highest BCUT2D eigenvalue weighted by Crippen LogP contribution is 2.42. The Morgan fingerprint density at radius 3 is 2.38 bits per heavy atom. The van der Waals surface area contributed by atoms with E-state index >= 15 is 0 Å². The molecule has 3 rings (SSSR count). The van der Waals surface area contributed by atoms with Crippen molar-refractivity contribution in [2.75, 3.05) is 6.54 Å². The number of rotatable bonds is 7. The normalized spacial score (nSPS) is 20.0. The number of halogens is 1. The van der Waals surface area contributed by atoms with Gasteiger partial charge in [-0.15, -0.1) is 0 Å². The number of amides is 1. The number of nitrogens with one attached hydrogen (secondary N) is 1. The van der Waals surface area contributed by atoms with Gasteiger partial charge in [-0.25, -0.2) is 12.8 Å². The summed E-state index contributed by atoms with van der Waals surface area (Å²) in [6.45, 7) is 3.90. The lowest BCUT2D eigenvalue weighted by molar-refractivity contribution is -0.118. The van der Waals surface area contributed by atoms with E-state index in [9.17, 15) is 17.6 Å². The van der Waals surface area contributed by atoms with E-state index < -0.39 is 10.0 Å². The molecule has 0 saturated carbocycles. The summed E-state index contributed by atoms with van der Waals surface area (Å²) in [5.74, 6) is -0.434. The number of sulfonamides is 1. The van der Waals surface area contributed by atoms with Crippen LogP contribution in [-0.2, 0) is 14.8 Å². The molecule has 2 atom stereocenters. The minimum Gasteiger partial charge on any atom is -0.356 e. The van der Waals surface area contributed by atoms with Crippen LogP contribution in [0.3, 0.4) is 0 Å². The minimum atomic E-state index is -3.71.